The lowest BCUT2D eigenvalue weighted by Crippen LogP contribution is -2.34. The molecule has 5 heteroatoms. The van der Waals surface area contributed by atoms with Crippen LogP contribution in [0, 0.1) is 5.92 Å². The van der Waals surface area contributed by atoms with Crippen molar-refractivity contribution in [3.05, 3.63) is 12.2 Å². The van der Waals surface area contributed by atoms with E-state index < -0.39 is 5.97 Å². The summed E-state index contributed by atoms with van der Waals surface area (Å²) in [6.07, 6.45) is 14.5. The van der Waals surface area contributed by atoms with Gasteiger partial charge in [0.1, 0.15) is 17.8 Å². The van der Waals surface area contributed by atoms with E-state index >= 15 is 0 Å². The van der Waals surface area contributed by atoms with Crippen molar-refractivity contribution in [3.8, 4) is 0 Å². The number of carboxylic acid groups (broad SMARTS) is 1. The maximum Gasteiger partial charge on any atom is 0.303 e. The van der Waals surface area contributed by atoms with Gasteiger partial charge in [-0.15, -0.1) is 0 Å². The summed E-state index contributed by atoms with van der Waals surface area (Å²) in [6.45, 7) is 2.26. The lowest BCUT2D eigenvalue weighted by atomic mass is 9.80. The Hall–Kier alpha value is -0.520. The molecule has 0 radical (unpaired) electrons. The number of hydrogen-bond acceptors (Lipinski definition) is 4. The minimum absolute atomic E-state index is 0.0912. The standard InChI is InChI=1S/C20H32O4S/c1-2-3-4-9-12-25-14-15-13-20(19-18(23-19)17(15)24-20)11-8-6-5-7-10-16(21)22/h6,8,15,17-19H,2-5,7,9-14H2,1H3,(H,21,22)/b8-6-/t15-,17-,18+,19+,20+/m1/s1. The molecule has 0 aromatic carbocycles. The first-order chi connectivity index (χ1) is 12.2. The summed E-state index contributed by atoms with van der Waals surface area (Å²) in [5.41, 5.74) is -0.0912. The molecule has 25 heavy (non-hydrogen) atoms. The monoisotopic (exact) mass is 368 g/mol. The molecule has 0 amide bonds. The second-order valence-corrected chi connectivity index (χ2v) is 8.88. The van der Waals surface area contributed by atoms with Crippen molar-refractivity contribution in [1.29, 1.82) is 0 Å². The van der Waals surface area contributed by atoms with Gasteiger partial charge in [-0.25, -0.2) is 0 Å². The third-order valence-electron chi connectivity index (χ3n) is 5.68. The molecule has 4 nitrogen and oxygen atoms in total. The van der Waals surface area contributed by atoms with E-state index in [4.69, 9.17) is 14.6 Å². The largest absolute Gasteiger partial charge is 0.481 e. The van der Waals surface area contributed by atoms with Crippen molar-refractivity contribution in [2.75, 3.05) is 11.5 Å². The Morgan fingerprint density at radius 2 is 2.12 bits per heavy atom. The fourth-order valence-corrected chi connectivity index (χ4v) is 5.51. The highest BCUT2D eigenvalue weighted by Crippen LogP contribution is 2.59. The van der Waals surface area contributed by atoms with E-state index in [-0.39, 0.29) is 12.0 Å². The molecule has 3 aliphatic heterocycles. The van der Waals surface area contributed by atoms with Crippen molar-refractivity contribution in [2.24, 2.45) is 5.92 Å². The van der Waals surface area contributed by atoms with Gasteiger partial charge in [0.05, 0.1) is 6.10 Å². The summed E-state index contributed by atoms with van der Waals surface area (Å²) in [7, 11) is 0. The van der Waals surface area contributed by atoms with Crippen LogP contribution >= 0.6 is 11.8 Å². The van der Waals surface area contributed by atoms with Gasteiger partial charge < -0.3 is 14.6 Å². The number of carboxylic acids is 1. The SMILES string of the molecule is CCCCCCSC[C@H]1C[C@]2(C/C=C\CCCC(=O)O)O[C@H]1[C@@H]1O[C@@H]12. The van der Waals surface area contributed by atoms with E-state index in [0.717, 1.165) is 19.3 Å². The Labute approximate surface area is 155 Å². The highest BCUT2D eigenvalue weighted by molar-refractivity contribution is 7.99. The highest BCUT2D eigenvalue weighted by atomic mass is 32.2. The molecule has 0 aromatic rings. The predicted molar refractivity (Wildman–Crippen MR) is 101 cm³/mol. The summed E-state index contributed by atoms with van der Waals surface area (Å²) in [4.78, 5) is 10.5. The Kier molecular flexibility index (Phi) is 6.86. The van der Waals surface area contributed by atoms with Crippen LogP contribution < -0.4 is 0 Å². The molecular weight excluding hydrogens is 336 g/mol. The Bertz CT molecular complexity index is 480. The zero-order valence-corrected chi connectivity index (χ0v) is 16.1. The Balaban J connectivity index is 1.37. The molecule has 0 aliphatic carbocycles. The average Bonchev–Trinajstić information content (AvgIpc) is 3.25. The molecule has 2 bridgehead atoms. The van der Waals surface area contributed by atoms with Crippen LogP contribution in [-0.2, 0) is 14.3 Å². The van der Waals surface area contributed by atoms with Gasteiger partial charge in [0.15, 0.2) is 0 Å². The van der Waals surface area contributed by atoms with Crippen molar-refractivity contribution in [2.45, 2.75) is 88.6 Å². The zero-order valence-electron chi connectivity index (χ0n) is 15.3. The molecule has 0 spiro atoms. The molecule has 0 unspecified atom stereocenters. The van der Waals surface area contributed by atoms with Crippen LogP contribution in [-0.4, -0.2) is 46.5 Å². The van der Waals surface area contributed by atoms with Crippen molar-refractivity contribution in [1.82, 2.24) is 0 Å². The quantitative estimate of drug-likeness (QED) is 0.296. The second kappa shape index (κ2) is 8.92. The van der Waals surface area contributed by atoms with Crippen LogP contribution in [0.1, 0.15) is 64.7 Å². The molecule has 3 rings (SSSR count). The van der Waals surface area contributed by atoms with Crippen molar-refractivity contribution < 1.29 is 19.4 Å². The van der Waals surface area contributed by atoms with E-state index in [1.165, 1.54) is 37.2 Å². The van der Waals surface area contributed by atoms with Gasteiger partial charge in [0.25, 0.3) is 0 Å². The summed E-state index contributed by atoms with van der Waals surface area (Å²) in [5, 5.41) is 8.67. The number of unbranched alkanes of at least 4 members (excludes halogenated alkanes) is 4. The van der Waals surface area contributed by atoms with E-state index in [9.17, 15) is 4.79 Å². The third kappa shape index (κ3) is 4.81. The number of ether oxygens (including phenoxy) is 2. The van der Waals surface area contributed by atoms with E-state index in [1.807, 2.05) is 0 Å². The van der Waals surface area contributed by atoms with Crippen LogP contribution in [0.5, 0.6) is 0 Å². The van der Waals surface area contributed by atoms with Crippen LogP contribution in [0.2, 0.25) is 0 Å². The first-order valence-corrected chi connectivity index (χ1v) is 11.1. The number of fused-ring (bicyclic) bond motifs is 5. The van der Waals surface area contributed by atoms with Gasteiger partial charge in [0.2, 0.25) is 0 Å². The lowest BCUT2D eigenvalue weighted by Gasteiger charge is -2.24. The molecule has 0 aromatic heterocycles. The summed E-state index contributed by atoms with van der Waals surface area (Å²) < 4.78 is 12.3. The van der Waals surface area contributed by atoms with Gasteiger partial charge in [-0.2, -0.15) is 11.8 Å². The molecule has 0 saturated carbocycles. The van der Waals surface area contributed by atoms with Gasteiger partial charge in [-0.3, -0.25) is 4.79 Å². The zero-order chi connectivity index (χ0) is 17.7. The number of carbonyl (C=O) groups is 1. The number of hydrogen-bond donors (Lipinski definition) is 1. The number of epoxide rings is 1. The van der Waals surface area contributed by atoms with Crippen LogP contribution in [0.25, 0.3) is 0 Å². The van der Waals surface area contributed by atoms with Gasteiger partial charge in [0, 0.05) is 6.42 Å². The van der Waals surface area contributed by atoms with E-state index in [2.05, 4.69) is 30.8 Å². The third-order valence-corrected chi connectivity index (χ3v) is 6.92. The molecule has 5 atom stereocenters. The fraction of sp³-hybridized carbons (Fsp3) is 0.850. The van der Waals surface area contributed by atoms with Crippen LogP contribution in [0.3, 0.4) is 0 Å². The maximum atomic E-state index is 10.5. The van der Waals surface area contributed by atoms with E-state index in [1.54, 1.807) is 0 Å². The minimum atomic E-state index is -0.714. The lowest BCUT2D eigenvalue weighted by molar-refractivity contribution is -0.137. The fourth-order valence-electron chi connectivity index (χ4n) is 4.33. The van der Waals surface area contributed by atoms with E-state index in [0.29, 0.717) is 30.7 Å². The molecule has 3 fully saturated rings. The van der Waals surface area contributed by atoms with Gasteiger partial charge >= 0.3 is 5.97 Å². The van der Waals surface area contributed by atoms with Gasteiger partial charge in [-0.1, -0.05) is 38.3 Å². The topological polar surface area (TPSA) is 59.1 Å². The van der Waals surface area contributed by atoms with Gasteiger partial charge in [-0.05, 0) is 49.5 Å². The van der Waals surface area contributed by atoms with Crippen LogP contribution in [0.15, 0.2) is 12.2 Å². The first kappa shape index (κ1) is 19.2. The Morgan fingerprint density at radius 3 is 2.92 bits per heavy atom. The number of aliphatic carboxylic acids is 1. The van der Waals surface area contributed by atoms with Crippen LogP contribution in [0.4, 0.5) is 0 Å². The minimum Gasteiger partial charge on any atom is -0.481 e. The molecule has 142 valence electrons. The molecule has 3 saturated heterocycles. The van der Waals surface area contributed by atoms with Crippen molar-refractivity contribution >= 4 is 17.7 Å². The summed E-state index contributed by atoms with van der Waals surface area (Å²) in [6, 6.07) is 0. The number of rotatable bonds is 13. The number of allylic oxidation sites excluding steroid dienone is 1. The molecule has 1 N–H and O–H groups in total. The highest BCUT2D eigenvalue weighted by Gasteiger charge is 2.72. The average molecular weight is 369 g/mol. The Morgan fingerprint density at radius 1 is 1.24 bits per heavy atom. The predicted octanol–water partition coefficient (Wildman–Crippen LogP) is 4.43. The molecular formula is C20H32O4S. The number of thioether (sulfide) groups is 1. The molecule has 3 heterocycles. The summed E-state index contributed by atoms with van der Waals surface area (Å²) in [5.74, 6) is 2.40. The normalized spacial score (nSPS) is 35.4. The molecule has 3 aliphatic rings. The summed E-state index contributed by atoms with van der Waals surface area (Å²) >= 11 is 2.09. The second-order valence-electron chi connectivity index (χ2n) is 7.73. The smallest absolute Gasteiger partial charge is 0.303 e. The maximum absolute atomic E-state index is 10.5. The van der Waals surface area contributed by atoms with Crippen molar-refractivity contribution in [3.63, 3.8) is 0 Å². The first-order valence-electron chi connectivity index (χ1n) is 9.94.